The van der Waals surface area contributed by atoms with Crippen LogP contribution >= 0.6 is 0 Å². The average Bonchev–Trinajstić information content (AvgIpc) is 3.29. The van der Waals surface area contributed by atoms with Crippen molar-refractivity contribution in [2.45, 2.75) is 40.5 Å². The first-order valence-electron chi connectivity index (χ1n) is 12.5. The zero-order valence-electron chi connectivity index (χ0n) is 21.2. The summed E-state index contributed by atoms with van der Waals surface area (Å²) in [6, 6.07) is 7.69. The number of hydrogen-bond acceptors (Lipinski definition) is 6. The quantitative estimate of drug-likeness (QED) is 0.567. The molecule has 2 aliphatic rings. The van der Waals surface area contributed by atoms with Crippen molar-refractivity contribution >= 4 is 5.91 Å². The molecule has 0 saturated carbocycles. The van der Waals surface area contributed by atoms with Gasteiger partial charge in [0.1, 0.15) is 5.75 Å². The van der Waals surface area contributed by atoms with E-state index in [1.54, 1.807) is 14.0 Å². The van der Waals surface area contributed by atoms with Crippen molar-refractivity contribution in [1.29, 1.82) is 0 Å². The van der Waals surface area contributed by atoms with E-state index in [0.717, 1.165) is 56.9 Å². The Bertz CT molecular complexity index is 990. The number of allylic oxidation sites excluding steroid dienone is 1. The lowest BCUT2D eigenvalue weighted by molar-refractivity contribution is -0.130. The molecular weight excluding hydrogens is 428 g/mol. The zero-order valence-corrected chi connectivity index (χ0v) is 21.2. The molecule has 1 aromatic heterocycles. The normalized spacial score (nSPS) is 23.8. The summed E-state index contributed by atoms with van der Waals surface area (Å²) < 4.78 is 11.3. The third-order valence-electron chi connectivity index (χ3n) is 7.60. The second-order valence-electron chi connectivity index (χ2n) is 10.2. The lowest BCUT2D eigenvalue weighted by atomic mass is 9.69. The van der Waals surface area contributed by atoms with Gasteiger partial charge in [0.15, 0.2) is 0 Å². The molecule has 7 heteroatoms. The monoisotopic (exact) mass is 466 g/mol. The number of rotatable bonds is 7. The molecule has 34 heavy (non-hydrogen) atoms. The van der Waals surface area contributed by atoms with Gasteiger partial charge in [-0.1, -0.05) is 25.5 Å². The van der Waals surface area contributed by atoms with E-state index in [1.807, 2.05) is 29.2 Å². The largest absolute Gasteiger partial charge is 0.497 e. The number of nitrogens with zero attached hydrogens (tertiary/aromatic N) is 4. The highest BCUT2D eigenvalue weighted by atomic mass is 16.5. The summed E-state index contributed by atoms with van der Waals surface area (Å²) in [6.07, 6.45) is 4.41. The summed E-state index contributed by atoms with van der Waals surface area (Å²) in [6.45, 7) is 13.3. The predicted molar refractivity (Wildman–Crippen MR) is 132 cm³/mol. The van der Waals surface area contributed by atoms with Gasteiger partial charge in [0, 0.05) is 51.6 Å². The predicted octanol–water partition coefficient (Wildman–Crippen LogP) is 4.31. The van der Waals surface area contributed by atoms with E-state index in [1.165, 1.54) is 5.57 Å². The second kappa shape index (κ2) is 10.7. The van der Waals surface area contributed by atoms with Gasteiger partial charge < -0.3 is 14.1 Å². The van der Waals surface area contributed by atoms with E-state index in [-0.39, 0.29) is 5.91 Å². The van der Waals surface area contributed by atoms with Gasteiger partial charge >= 0.3 is 0 Å². The first-order valence-corrected chi connectivity index (χ1v) is 12.5. The summed E-state index contributed by atoms with van der Waals surface area (Å²) in [5.74, 6) is 4.42. The number of benzene rings is 1. The second-order valence-corrected chi connectivity index (χ2v) is 10.2. The first-order chi connectivity index (χ1) is 16.3. The highest BCUT2D eigenvalue weighted by molar-refractivity contribution is 5.73. The molecule has 1 aliphatic carbocycles. The molecule has 2 heterocycles. The molecule has 1 saturated heterocycles. The number of ether oxygens (including phenoxy) is 1. The minimum atomic E-state index is 0.187. The maximum Gasteiger partial charge on any atom is 0.247 e. The summed E-state index contributed by atoms with van der Waals surface area (Å²) in [7, 11) is 1.66. The van der Waals surface area contributed by atoms with Gasteiger partial charge in [0.25, 0.3) is 0 Å². The molecule has 0 bridgehead atoms. The fourth-order valence-electron chi connectivity index (χ4n) is 5.43. The maximum absolute atomic E-state index is 11.6. The number of hydrogen-bond donors (Lipinski definition) is 0. The topological polar surface area (TPSA) is 71.7 Å². The molecule has 1 fully saturated rings. The third-order valence-corrected chi connectivity index (χ3v) is 7.60. The molecule has 7 nitrogen and oxygen atoms in total. The minimum absolute atomic E-state index is 0.187. The van der Waals surface area contributed by atoms with E-state index in [0.29, 0.717) is 35.5 Å². The molecule has 1 aromatic carbocycles. The molecule has 1 aliphatic heterocycles. The van der Waals surface area contributed by atoms with Crippen LogP contribution in [0.2, 0.25) is 0 Å². The molecule has 0 spiro atoms. The molecule has 184 valence electrons. The highest BCUT2D eigenvalue weighted by Crippen LogP contribution is 2.39. The van der Waals surface area contributed by atoms with Crippen LogP contribution in [0.25, 0.3) is 11.5 Å². The van der Waals surface area contributed by atoms with Crippen LogP contribution in [0, 0.1) is 23.7 Å². The van der Waals surface area contributed by atoms with Gasteiger partial charge in [0.05, 0.1) is 7.11 Å². The Labute approximate surface area is 203 Å². The number of carbonyl (C=O) groups excluding carboxylic acids is 1. The SMILES string of the molecule is COc1ccc(-c2nnc(C[C@@H]3C[C@@H](C(C)C)[C@H](CN4CCN(C(C)=O)CC4)C=C3C)o2)cc1. The van der Waals surface area contributed by atoms with Gasteiger partial charge in [-0.2, -0.15) is 0 Å². The Morgan fingerprint density at radius 3 is 2.47 bits per heavy atom. The zero-order chi connectivity index (χ0) is 24.2. The molecule has 3 atom stereocenters. The summed E-state index contributed by atoms with van der Waals surface area (Å²) >= 11 is 0. The van der Waals surface area contributed by atoms with E-state index < -0.39 is 0 Å². The van der Waals surface area contributed by atoms with Crippen molar-refractivity contribution in [3.05, 3.63) is 41.8 Å². The van der Waals surface area contributed by atoms with Gasteiger partial charge in [0.2, 0.25) is 17.7 Å². The van der Waals surface area contributed by atoms with Crippen LogP contribution in [0.3, 0.4) is 0 Å². The van der Waals surface area contributed by atoms with Crippen LogP contribution in [0.1, 0.15) is 40.0 Å². The average molecular weight is 467 g/mol. The van der Waals surface area contributed by atoms with E-state index in [2.05, 4.69) is 41.9 Å². The van der Waals surface area contributed by atoms with Crippen LogP contribution in [-0.2, 0) is 11.2 Å². The van der Waals surface area contributed by atoms with E-state index in [9.17, 15) is 4.79 Å². The lowest BCUT2D eigenvalue weighted by Crippen LogP contribution is -2.50. The van der Waals surface area contributed by atoms with Crippen molar-refractivity contribution in [3.63, 3.8) is 0 Å². The van der Waals surface area contributed by atoms with Crippen LogP contribution in [0.15, 0.2) is 40.3 Å². The van der Waals surface area contributed by atoms with Crippen molar-refractivity contribution in [1.82, 2.24) is 20.0 Å². The van der Waals surface area contributed by atoms with Crippen LogP contribution in [0.4, 0.5) is 0 Å². The standard InChI is InChI=1S/C27H38N4O3/c1-18(2)25-15-22(16-26-28-29-27(34-26)21-6-8-24(33-5)9-7-21)19(3)14-23(25)17-30-10-12-31(13-11-30)20(4)32/h6-9,14,18,22-23,25H,10-13,15-17H2,1-5H3/t22-,23-,25-/m0/s1. The number of piperazine rings is 1. The number of amides is 1. The van der Waals surface area contributed by atoms with Crippen molar-refractivity contribution < 1.29 is 13.9 Å². The van der Waals surface area contributed by atoms with Gasteiger partial charge in [-0.05, 0) is 61.3 Å². The fraction of sp³-hybridized carbons (Fsp3) is 0.593. The first kappa shape index (κ1) is 24.5. The smallest absolute Gasteiger partial charge is 0.247 e. The molecule has 0 N–H and O–H groups in total. The Morgan fingerprint density at radius 1 is 1.15 bits per heavy atom. The van der Waals surface area contributed by atoms with Crippen LogP contribution < -0.4 is 4.74 Å². The van der Waals surface area contributed by atoms with Crippen molar-refractivity contribution in [2.24, 2.45) is 23.7 Å². The fourth-order valence-corrected chi connectivity index (χ4v) is 5.43. The third kappa shape index (κ3) is 5.69. The van der Waals surface area contributed by atoms with E-state index >= 15 is 0 Å². The molecule has 1 amide bonds. The summed E-state index contributed by atoms with van der Waals surface area (Å²) in [5.41, 5.74) is 2.33. The Hall–Kier alpha value is -2.67. The number of carbonyl (C=O) groups is 1. The molecule has 0 radical (unpaired) electrons. The van der Waals surface area contributed by atoms with Gasteiger partial charge in [-0.25, -0.2) is 0 Å². The Kier molecular flexibility index (Phi) is 7.71. The van der Waals surface area contributed by atoms with E-state index in [4.69, 9.17) is 9.15 Å². The van der Waals surface area contributed by atoms with Gasteiger partial charge in [-0.15, -0.1) is 10.2 Å². The minimum Gasteiger partial charge on any atom is -0.497 e. The van der Waals surface area contributed by atoms with Crippen molar-refractivity contribution in [2.75, 3.05) is 39.8 Å². The summed E-state index contributed by atoms with van der Waals surface area (Å²) in [4.78, 5) is 16.1. The summed E-state index contributed by atoms with van der Waals surface area (Å²) in [5, 5.41) is 8.64. The lowest BCUT2D eigenvalue weighted by Gasteiger charge is -2.41. The van der Waals surface area contributed by atoms with Crippen LogP contribution in [0.5, 0.6) is 5.75 Å². The van der Waals surface area contributed by atoms with Crippen molar-refractivity contribution in [3.8, 4) is 17.2 Å². The number of methoxy groups -OCH3 is 1. The Balaban J connectivity index is 1.41. The number of aromatic nitrogens is 2. The molecule has 2 aromatic rings. The molecule has 0 unspecified atom stereocenters. The Morgan fingerprint density at radius 2 is 1.85 bits per heavy atom. The molecule has 4 rings (SSSR count). The molecular formula is C27H38N4O3. The van der Waals surface area contributed by atoms with Crippen LogP contribution in [-0.4, -0.2) is 65.7 Å². The maximum atomic E-state index is 11.6. The van der Waals surface area contributed by atoms with Gasteiger partial charge in [-0.3, -0.25) is 9.69 Å². The highest BCUT2D eigenvalue weighted by Gasteiger charge is 2.34.